The van der Waals surface area contributed by atoms with Crippen LogP contribution < -0.4 is 10.6 Å². The number of hydrogen-bond donors (Lipinski definition) is 1. The number of rotatable bonds is 2. The topological polar surface area (TPSA) is 86.4 Å². The zero-order chi connectivity index (χ0) is 23.8. The summed E-state index contributed by atoms with van der Waals surface area (Å²) in [6, 6.07) is 9.95. The highest BCUT2D eigenvalue weighted by atomic mass is 19.1. The average Bonchev–Trinajstić information content (AvgIpc) is 2.79. The van der Waals surface area contributed by atoms with Crippen molar-refractivity contribution in [1.29, 1.82) is 0 Å². The van der Waals surface area contributed by atoms with Crippen LogP contribution in [0.15, 0.2) is 59.7 Å². The molecule has 1 aromatic heterocycles. The van der Waals surface area contributed by atoms with E-state index in [1.165, 1.54) is 24.3 Å². The van der Waals surface area contributed by atoms with Crippen molar-refractivity contribution in [2.24, 2.45) is 0 Å². The minimum Gasteiger partial charge on any atom is -0.317 e. The van der Waals surface area contributed by atoms with Crippen LogP contribution in [0.1, 0.15) is 30.0 Å². The van der Waals surface area contributed by atoms with E-state index in [0.29, 0.717) is 16.0 Å². The maximum absolute atomic E-state index is 14.9. The summed E-state index contributed by atoms with van der Waals surface area (Å²) in [5, 5.41) is 0. The molecule has 0 bridgehead atoms. The number of imide groups is 1. The Kier molecular flexibility index (Phi) is 5.52. The van der Waals surface area contributed by atoms with Crippen LogP contribution in [0.5, 0.6) is 0 Å². The third-order valence-corrected chi connectivity index (χ3v) is 5.62. The molecular formula is C24H18F2N4O3. The lowest BCUT2D eigenvalue weighted by atomic mass is 9.86. The van der Waals surface area contributed by atoms with E-state index in [9.17, 15) is 23.2 Å². The Labute approximate surface area is 187 Å². The molecule has 1 saturated heterocycles. The van der Waals surface area contributed by atoms with Gasteiger partial charge in [0.2, 0.25) is 5.91 Å². The number of aromatic nitrogens is 2. The number of benzene rings is 2. The molecule has 1 atom stereocenters. The van der Waals surface area contributed by atoms with E-state index in [1.54, 1.807) is 31.2 Å². The van der Waals surface area contributed by atoms with Gasteiger partial charge in [-0.2, -0.15) is 0 Å². The summed E-state index contributed by atoms with van der Waals surface area (Å²) in [6.45, 7) is 1.60. The fraction of sp³-hybridized carbons (Fsp3) is 0.167. The number of H-pyrrole nitrogens is 1. The normalized spacial score (nSPS) is 18.2. The van der Waals surface area contributed by atoms with Gasteiger partial charge in [-0.1, -0.05) is 30.0 Å². The number of anilines is 1. The van der Waals surface area contributed by atoms with E-state index in [4.69, 9.17) is 0 Å². The van der Waals surface area contributed by atoms with Crippen LogP contribution in [0.3, 0.4) is 0 Å². The molecule has 9 heteroatoms. The Morgan fingerprint density at radius 2 is 1.67 bits per heavy atom. The standard InChI is InChI=1S/C24H18F2N4O3/c1-24(17-13-27-22(32)28-14-17)12-20(31)30(23(33)29(24)2)21-18(25)10-16(11-19(21)26)9-8-15-6-4-3-5-7-15/h3-7,10-11,13-14H,12H2,1-2H3,(H,27,28,32)/t24-/m0/s1. The lowest BCUT2D eigenvalue weighted by Crippen LogP contribution is -2.60. The Bertz CT molecular complexity index is 1330. The first-order valence-corrected chi connectivity index (χ1v) is 9.93. The van der Waals surface area contributed by atoms with Crippen LogP contribution in [0.4, 0.5) is 19.3 Å². The SMILES string of the molecule is CN1C(=O)N(c2c(F)cc(C#Cc3ccccc3)cc2F)C(=O)C[C@@]1(C)c1cnc(=O)[nH]c1. The molecule has 3 amide bonds. The number of halogens is 2. The van der Waals surface area contributed by atoms with Gasteiger partial charge in [0.25, 0.3) is 0 Å². The van der Waals surface area contributed by atoms with Crippen molar-refractivity contribution in [2.75, 3.05) is 11.9 Å². The fourth-order valence-electron chi connectivity index (χ4n) is 3.63. The number of urea groups is 1. The van der Waals surface area contributed by atoms with Crippen LogP contribution >= 0.6 is 0 Å². The van der Waals surface area contributed by atoms with E-state index in [0.717, 1.165) is 12.1 Å². The largest absolute Gasteiger partial charge is 0.344 e. The van der Waals surface area contributed by atoms with Gasteiger partial charge < -0.3 is 9.88 Å². The summed E-state index contributed by atoms with van der Waals surface area (Å²) in [7, 11) is 1.41. The van der Waals surface area contributed by atoms with Crippen molar-refractivity contribution in [3.8, 4) is 11.8 Å². The average molecular weight is 448 g/mol. The highest BCUT2D eigenvalue weighted by Crippen LogP contribution is 2.38. The van der Waals surface area contributed by atoms with Crippen molar-refractivity contribution in [2.45, 2.75) is 18.9 Å². The minimum absolute atomic E-state index is 0.0621. The molecule has 0 unspecified atom stereocenters. The lowest BCUT2D eigenvalue weighted by Gasteiger charge is -2.45. The molecule has 0 spiro atoms. The van der Waals surface area contributed by atoms with Gasteiger partial charge >= 0.3 is 11.7 Å². The lowest BCUT2D eigenvalue weighted by molar-refractivity contribution is -0.122. The molecule has 1 aliphatic rings. The highest BCUT2D eigenvalue weighted by molar-refractivity contribution is 6.16. The number of amides is 3. The van der Waals surface area contributed by atoms with Crippen LogP contribution in [-0.4, -0.2) is 33.9 Å². The summed E-state index contributed by atoms with van der Waals surface area (Å²) < 4.78 is 29.9. The van der Waals surface area contributed by atoms with Gasteiger partial charge in [-0.25, -0.2) is 28.3 Å². The van der Waals surface area contributed by atoms with Crippen molar-refractivity contribution < 1.29 is 18.4 Å². The molecule has 0 radical (unpaired) electrons. The van der Waals surface area contributed by atoms with E-state index in [2.05, 4.69) is 21.8 Å². The summed E-state index contributed by atoms with van der Waals surface area (Å²) in [5.74, 6) is 2.51. The van der Waals surface area contributed by atoms with E-state index < -0.39 is 40.5 Å². The van der Waals surface area contributed by atoms with Gasteiger partial charge in [-0.3, -0.25) is 4.79 Å². The smallest absolute Gasteiger partial charge is 0.317 e. The Morgan fingerprint density at radius 1 is 1.03 bits per heavy atom. The van der Waals surface area contributed by atoms with Gasteiger partial charge in [-0.15, -0.1) is 0 Å². The predicted molar refractivity (Wildman–Crippen MR) is 116 cm³/mol. The Morgan fingerprint density at radius 3 is 2.27 bits per heavy atom. The second-order valence-electron chi connectivity index (χ2n) is 7.73. The van der Waals surface area contributed by atoms with Crippen LogP contribution in [0, 0.1) is 23.5 Å². The second kappa shape index (κ2) is 8.31. The maximum atomic E-state index is 14.9. The van der Waals surface area contributed by atoms with E-state index in [1.807, 2.05) is 6.07 Å². The highest BCUT2D eigenvalue weighted by Gasteiger charge is 2.48. The Hall–Kier alpha value is -4.32. The first kappa shape index (κ1) is 21.9. The third-order valence-electron chi connectivity index (χ3n) is 5.62. The van der Waals surface area contributed by atoms with E-state index in [-0.39, 0.29) is 12.0 Å². The van der Waals surface area contributed by atoms with Gasteiger partial charge in [0.05, 0.1) is 12.0 Å². The summed E-state index contributed by atoms with van der Waals surface area (Å²) >= 11 is 0. The molecule has 3 aromatic rings. The van der Waals surface area contributed by atoms with Gasteiger partial charge in [0.15, 0.2) is 11.6 Å². The summed E-state index contributed by atoms with van der Waals surface area (Å²) in [4.78, 5) is 45.0. The maximum Gasteiger partial charge on any atom is 0.344 e. The number of aromatic amines is 1. The molecule has 0 saturated carbocycles. The fourth-order valence-corrected chi connectivity index (χ4v) is 3.63. The summed E-state index contributed by atoms with van der Waals surface area (Å²) in [6.07, 6.45) is 2.33. The number of carbonyl (C=O) groups is 2. The molecule has 1 fully saturated rings. The molecule has 33 heavy (non-hydrogen) atoms. The molecule has 2 aromatic carbocycles. The summed E-state index contributed by atoms with van der Waals surface area (Å²) in [5.41, 5.74) is -1.38. The second-order valence-corrected chi connectivity index (χ2v) is 7.73. The minimum atomic E-state index is -1.17. The molecule has 2 heterocycles. The molecular weight excluding hydrogens is 430 g/mol. The number of nitrogens with zero attached hydrogens (tertiary/aromatic N) is 3. The zero-order valence-electron chi connectivity index (χ0n) is 17.7. The quantitative estimate of drug-likeness (QED) is 0.611. The number of carbonyl (C=O) groups excluding carboxylic acids is 2. The first-order chi connectivity index (χ1) is 15.7. The van der Waals surface area contributed by atoms with Crippen LogP contribution in [-0.2, 0) is 10.3 Å². The van der Waals surface area contributed by atoms with Crippen molar-refractivity contribution >= 4 is 17.6 Å². The monoisotopic (exact) mass is 448 g/mol. The van der Waals surface area contributed by atoms with Crippen molar-refractivity contribution in [1.82, 2.24) is 14.9 Å². The van der Waals surface area contributed by atoms with Crippen LogP contribution in [0.2, 0.25) is 0 Å². The first-order valence-electron chi connectivity index (χ1n) is 9.93. The number of nitrogens with one attached hydrogen (secondary N) is 1. The van der Waals surface area contributed by atoms with Gasteiger partial charge in [-0.05, 0) is 31.2 Å². The van der Waals surface area contributed by atoms with Crippen molar-refractivity contribution in [3.05, 3.63) is 93.7 Å². The molecule has 166 valence electrons. The van der Waals surface area contributed by atoms with Crippen molar-refractivity contribution in [3.63, 3.8) is 0 Å². The molecule has 7 nitrogen and oxygen atoms in total. The Balaban J connectivity index is 1.68. The molecule has 1 N–H and O–H groups in total. The number of hydrogen-bond acceptors (Lipinski definition) is 4. The van der Waals surface area contributed by atoms with E-state index >= 15 is 0 Å². The zero-order valence-corrected chi connectivity index (χ0v) is 17.7. The van der Waals surface area contributed by atoms with Gasteiger partial charge in [0, 0.05) is 36.1 Å². The third kappa shape index (κ3) is 3.99. The van der Waals surface area contributed by atoms with Gasteiger partial charge in [0.1, 0.15) is 5.69 Å². The molecule has 0 aliphatic carbocycles. The molecule has 4 rings (SSSR count). The predicted octanol–water partition coefficient (Wildman–Crippen LogP) is 3.15. The molecule has 1 aliphatic heterocycles. The van der Waals surface area contributed by atoms with Crippen LogP contribution in [0.25, 0.3) is 0 Å².